The Hall–Kier alpha value is -3.52. The molecule has 0 saturated carbocycles. The number of halogens is 1. The topological polar surface area (TPSA) is 102 Å². The van der Waals surface area contributed by atoms with E-state index in [1.54, 1.807) is 36.1 Å². The average Bonchev–Trinajstić information content (AvgIpc) is 3.20. The number of aryl methyl sites for hydroxylation is 1. The number of aromatic nitrogens is 1. The van der Waals surface area contributed by atoms with Gasteiger partial charge in [0.05, 0.1) is 11.7 Å². The molecule has 8 nitrogen and oxygen atoms in total. The lowest BCUT2D eigenvalue weighted by Crippen LogP contribution is -2.41. The zero-order valence-electron chi connectivity index (χ0n) is 17.3. The first-order valence-corrected chi connectivity index (χ1v) is 10.4. The molecule has 2 aromatic carbocycles. The molecule has 2 heterocycles. The fourth-order valence-corrected chi connectivity index (χ4v) is 3.98. The quantitative estimate of drug-likeness (QED) is 0.587. The molecule has 0 aliphatic carbocycles. The van der Waals surface area contributed by atoms with Gasteiger partial charge in [-0.2, -0.15) is 0 Å². The van der Waals surface area contributed by atoms with E-state index in [-0.39, 0.29) is 6.61 Å². The maximum atomic E-state index is 13.1. The van der Waals surface area contributed by atoms with Gasteiger partial charge in [0.25, 0.3) is 0 Å². The Morgan fingerprint density at radius 2 is 2.03 bits per heavy atom. The monoisotopic (exact) mass is 456 g/mol. The Balaban J connectivity index is 1.69. The van der Waals surface area contributed by atoms with Crippen molar-refractivity contribution >= 4 is 23.7 Å². The third kappa shape index (κ3) is 4.70. The molecule has 0 fully saturated rings. The Bertz CT molecular complexity index is 1150. The van der Waals surface area contributed by atoms with Gasteiger partial charge in [-0.15, -0.1) is 0 Å². The van der Waals surface area contributed by atoms with Crippen LogP contribution < -0.4 is 4.74 Å². The van der Waals surface area contributed by atoms with Crippen molar-refractivity contribution in [3.63, 3.8) is 0 Å². The van der Waals surface area contributed by atoms with Crippen LogP contribution in [-0.2, 0) is 22.6 Å². The second-order valence-electron chi connectivity index (χ2n) is 7.40. The third-order valence-electron chi connectivity index (χ3n) is 5.15. The number of fused-ring (bicyclic) bond motifs is 1. The number of amides is 1. The van der Waals surface area contributed by atoms with Crippen molar-refractivity contribution in [3.8, 4) is 5.75 Å². The van der Waals surface area contributed by atoms with Crippen LogP contribution in [0.4, 0.5) is 4.79 Å². The number of aliphatic carboxylic acids is 1. The Morgan fingerprint density at radius 3 is 2.78 bits per heavy atom. The number of hydrogen-bond donors (Lipinski definition) is 1. The molecule has 0 bridgehead atoms. The lowest BCUT2D eigenvalue weighted by molar-refractivity contribution is -0.139. The molecule has 3 aromatic rings. The van der Waals surface area contributed by atoms with E-state index in [1.165, 1.54) is 0 Å². The highest BCUT2D eigenvalue weighted by Gasteiger charge is 2.35. The van der Waals surface area contributed by atoms with Gasteiger partial charge < -0.3 is 19.1 Å². The largest absolute Gasteiger partial charge is 0.482 e. The molecule has 1 aliphatic rings. The van der Waals surface area contributed by atoms with Crippen LogP contribution in [-0.4, -0.2) is 40.4 Å². The zero-order valence-corrected chi connectivity index (χ0v) is 18.0. The highest BCUT2D eigenvalue weighted by molar-refractivity contribution is 6.30. The van der Waals surface area contributed by atoms with Crippen LogP contribution in [0.1, 0.15) is 34.2 Å². The molecule has 1 atom stereocenters. The van der Waals surface area contributed by atoms with Gasteiger partial charge in [-0.1, -0.05) is 41.0 Å². The van der Waals surface area contributed by atoms with Gasteiger partial charge in [-0.05, 0) is 42.7 Å². The Labute approximate surface area is 189 Å². The van der Waals surface area contributed by atoms with Crippen LogP contribution >= 0.6 is 11.6 Å². The van der Waals surface area contributed by atoms with Crippen LogP contribution in [0.15, 0.2) is 53.1 Å². The van der Waals surface area contributed by atoms with Crippen molar-refractivity contribution in [1.82, 2.24) is 10.1 Å². The number of carboxylic acid groups (broad SMARTS) is 1. The summed E-state index contributed by atoms with van der Waals surface area (Å²) in [6.07, 6.45) is 0.109. The number of ether oxygens (including phenoxy) is 2. The van der Waals surface area contributed by atoms with Crippen molar-refractivity contribution in [3.05, 3.63) is 81.7 Å². The maximum Gasteiger partial charge on any atom is 0.411 e. The van der Waals surface area contributed by atoms with Gasteiger partial charge in [-0.3, -0.25) is 4.90 Å². The van der Waals surface area contributed by atoms with Crippen LogP contribution in [0.2, 0.25) is 5.02 Å². The number of benzene rings is 2. The van der Waals surface area contributed by atoms with Gasteiger partial charge in [0.2, 0.25) is 0 Å². The van der Waals surface area contributed by atoms with E-state index < -0.39 is 24.7 Å². The van der Waals surface area contributed by atoms with Crippen LogP contribution in [0.3, 0.4) is 0 Å². The zero-order chi connectivity index (χ0) is 22.7. The van der Waals surface area contributed by atoms with Crippen molar-refractivity contribution < 1.29 is 28.7 Å². The minimum absolute atomic E-state index is 0.0531. The van der Waals surface area contributed by atoms with E-state index >= 15 is 0 Å². The van der Waals surface area contributed by atoms with Gasteiger partial charge in [0, 0.05) is 23.2 Å². The van der Waals surface area contributed by atoms with Gasteiger partial charge in [0.15, 0.2) is 19.0 Å². The summed E-state index contributed by atoms with van der Waals surface area (Å²) in [6, 6.07) is 13.8. The van der Waals surface area contributed by atoms with Gasteiger partial charge >= 0.3 is 12.1 Å². The maximum absolute atomic E-state index is 13.1. The van der Waals surface area contributed by atoms with Gasteiger partial charge in [-0.25, -0.2) is 9.59 Å². The number of carbonyl (C=O) groups excluding carboxylic acids is 1. The summed E-state index contributed by atoms with van der Waals surface area (Å²) in [4.78, 5) is 25.8. The molecule has 1 aliphatic heterocycles. The smallest absolute Gasteiger partial charge is 0.411 e. The van der Waals surface area contributed by atoms with Crippen molar-refractivity contribution in [1.29, 1.82) is 0 Å². The molecule has 1 aromatic heterocycles. The van der Waals surface area contributed by atoms with Crippen LogP contribution in [0.25, 0.3) is 0 Å². The number of rotatable bonds is 6. The predicted molar refractivity (Wildman–Crippen MR) is 115 cm³/mol. The van der Waals surface area contributed by atoms with Crippen molar-refractivity contribution in [2.75, 3.05) is 13.2 Å². The highest BCUT2D eigenvalue weighted by Crippen LogP contribution is 2.40. The molecule has 0 radical (unpaired) electrons. The normalized spacial score (nSPS) is 15.2. The van der Waals surface area contributed by atoms with Crippen LogP contribution in [0.5, 0.6) is 5.75 Å². The number of carbonyl (C=O) groups is 2. The third-order valence-corrected chi connectivity index (χ3v) is 5.39. The molecular formula is C23H21ClN2O6. The molecule has 4 rings (SSSR count). The SMILES string of the molecule is Cc1cc(COC(=O)N2CCc3ccccc3[C@H]2c2cc(Cl)ccc2OCC(=O)O)on1. The van der Waals surface area contributed by atoms with E-state index in [9.17, 15) is 9.59 Å². The summed E-state index contributed by atoms with van der Waals surface area (Å²) in [5, 5.41) is 13.3. The first-order chi connectivity index (χ1) is 15.4. The lowest BCUT2D eigenvalue weighted by Gasteiger charge is -2.37. The molecule has 0 saturated heterocycles. The van der Waals surface area contributed by atoms with E-state index in [1.807, 2.05) is 24.3 Å². The lowest BCUT2D eigenvalue weighted by atomic mass is 9.88. The minimum Gasteiger partial charge on any atom is -0.482 e. The molecule has 0 unspecified atom stereocenters. The Morgan fingerprint density at radius 1 is 1.22 bits per heavy atom. The van der Waals surface area contributed by atoms with Crippen molar-refractivity contribution in [2.45, 2.75) is 26.0 Å². The fourth-order valence-electron chi connectivity index (χ4n) is 3.80. The van der Waals surface area contributed by atoms with E-state index in [4.69, 9.17) is 30.7 Å². The number of carboxylic acids is 1. The molecule has 32 heavy (non-hydrogen) atoms. The summed E-state index contributed by atoms with van der Waals surface area (Å²) in [5.74, 6) is -0.325. The number of nitrogens with zero attached hydrogens (tertiary/aromatic N) is 2. The van der Waals surface area contributed by atoms with Gasteiger partial charge in [0.1, 0.15) is 5.75 Å². The molecular weight excluding hydrogens is 436 g/mol. The standard InChI is InChI=1S/C23H21ClN2O6/c1-14-10-17(32-25-14)12-31-23(29)26-9-8-15-4-2-3-5-18(15)22(26)19-11-16(24)6-7-20(19)30-13-21(27)28/h2-7,10-11,22H,8-9,12-13H2,1H3,(H,27,28)/t22-/m0/s1. The minimum atomic E-state index is -1.10. The highest BCUT2D eigenvalue weighted by atomic mass is 35.5. The fraction of sp³-hybridized carbons (Fsp3) is 0.261. The summed E-state index contributed by atoms with van der Waals surface area (Å²) < 4.78 is 16.1. The summed E-state index contributed by atoms with van der Waals surface area (Å²) >= 11 is 6.27. The summed E-state index contributed by atoms with van der Waals surface area (Å²) in [6.45, 7) is 1.62. The van der Waals surface area contributed by atoms with Crippen LogP contribution in [0, 0.1) is 6.92 Å². The predicted octanol–water partition coefficient (Wildman–Crippen LogP) is 4.38. The number of hydrogen-bond acceptors (Lipinski definition) is 6. The average molecular weight is 457 g/mol. The first-order valence-electron chi connectivity index (χ1n) is 10.00. The van der Waals surface area contributed by atoms with Crippen molar-refractivity contribution in [2.24, 2.45) is 0 Å². The molecule has 9 heteroatoms. The first kappa shape index (κ1) is 21.7. The second-order valence-corrected chi connectivity index (χ2v) is 7.83. The summed E-state index contributed by atoms with van der Waals surface area (Å²) in [7, 11) is 0. The van der Waals surface area contributed by atoms with E-state index in [0.717, 1.165) is 11.1 Å². The Kier molecular flexibility index (Phi) is 6.32. The molecule has 0 spiro atoms. The molecule has 166 valence electrons. The second kappa shape index (κ2) is 9.32. The molecule has 1 N–H and O–H groups in total. The summed E-state index contributed by atoms with van der Waals surface area (Å²) in [5.41, 5.74) is 3.25. The molecule has 1 amide bonds. The van der Waals surface area contributed by atoms with E-state index in [0.29, 0.717) is 40.8 Å². The van der Waals surface area contributed by atoms with E-state index in [2.05, 4.69) is 5.16 Å².